The first kappa shape index (κ1) is 18.7. The molecule has 2 aromatic rings. The summed E-state index contributed by atoms with van der Waals surface area (Å²) in [4.78, 5) is 13.4. The third-order valence-corrected chi connectivity index (χ3v) is 5.03. The molecule has 1 heterocycles. The van der Waals surface area contributed by atoms with E-state index >= 15 is 0 Å². The van der Waals surface area contributed by atoms with Gasteiger partial charge in [-0.1, -0.05) is 44.2 Å². The van der Waals surface area contributed by atoms with Crippen molar-refractivity contribution in [1.82, 2.24) is 5.32 Å². The van der Waals surface area contributed by atoms with Crippen LogP contribution in [0.3, 0.4) is 0 Å². The minimum Gasteiger partial charge on any atom is -0.351 e. The Morgan fingerprint density at radius 1 is 1.17 bits per heavy atom. The van der Waals surface area contributed by atoms with Crippen molar-refractivity contribution in [1.29, 1.82) is 0 Å². The molecule has 0 aliphatic rings. The maximum absolute atomic E-state index is 12.1. The average Bonchev–Trinajstić information content (AvgIpc) is 3.07. The number of nitrogens with two attached hydrogens (primary N) is 1. The summed E-state index contributed by atoms with van der Waals surface area (Å²) < 4.78 is 0. The molecule has 24 heavy (non-hydrogen) atoms. The number of carbonyl (C=O) groups excluding carboxylic acids is 1. The van der Waals surface area contributed by atoms with E-state index < -0.39 is 0 Å². The third kappa shape index (κ3) is 5.18. The Kier molecular flexibility index (Phi) is 7.00. The second-order valence-electron chi connectivity index (χ2n) is 6.71. The molecule has 1 aromatic heterocycles. The van der Waals surface area contributed by atoms with E-state index in [0.717, 1.165) is 6.42 Å². The number of likely N-dealkylation sites (N-methyl/N-ethyl adjacent to an activating group) is 1. The van der Waals surface area contributed by atoms with Crippen LogP contribution in [0.25, 0.3) is 0 Å². The largest absolute Gasteiger partial charge is 0.351 e. The Morgan fingerprint density at radius 3 is 2.42 bits per heavy atom. The van der Waals surface area contributed by atoms with Crippen LogP contribution >= 0.6 is 11.3 Å². The second kappa shape index (κ2) is 9.00. The third-order valence-electron chi connectivity index (χ3n) is 4.08. The van der Waals surface area contributed by atoms with Crippen molar-refractivity contribution >= 4 is 17.2 Å². The van der Waals surface area contributed by atoms with Crippen LogP contribution < -0.4 is 10.6 Å². The quantitative estimate of drug-likeness (QED) is 0.759. The van der Waals surface area contributed by atoms with E-state index in [1.807, 2.05) is 13.8 Å². The number of carbonyl (C=O) groups is 1. The molecule has 0 spiro atoms. The minimum absolute atomic E-state index is 0.0930. The molecule has 3 nitrogen and oxygen atoms in total. The Morgan fingerprint density at radius 2 is 1.88 bits per heavy atom. The number of hydrogen-bond acceptors (Lipinski definition) is 2. The van der Waals surface area contributed by atoms with Gasteiger partial charge in [0.15, 0.2) is 6.04 Å². The molecule has 2 rings (SSSR count). The Balaban J connectivity index is 2.19. The van der Waals surface area contributed by atoms with Gasteiger partial charge < -0.3 is 10.6 Å². The van der Waals surface area contributed by atoms with E-state index in [0.29, 0.717) is 12.5 Å². The van der Waals surface area contributed by atoms with Crippen LogP contribution in [0.1, 0.15) is 49.7 Å². The summed E-state index contributed by atoms with van der Waals surface area (Å²) in [6.07, 6.45) is 1.10. The summed E-state index contributed by atoms with van der Waals surface area (Å²) in [5.74, 6) is 0.753. The Hall–Kier alpha value is -1.65. The minimum atomic E-state index is -0.118. The first-order valence-electron chi connectivity index (χ1n) is 8.76. The number of hydrogen-bond donors (Lipinski definition) is 2. The van der Waals surface area contributed by atoms with Crippen molar-refractivity contribution in [2.45, 2.75) is 46.2 Å². The number of rotatable bonds is 8. The predicted molar refractivity (Wildman–Crippen MR) is 101 cm³/mol. The molecule has 4 heteroatoms. The van der Waals surface area contributed by atoms with E-state index in [1.165, 1.54) is 16.0 Å². The lowest BCUT2D eigenvalue weighted by molar-refractivity contribution is -0.704. The normalized spacial score (nSPS) is 13.7. The van der Waals surface area contributed by atoms with E-state index in [4.69, 9.17) is 0 Å². The highest BCUT2D eigenvalue weighted by Gasteiger charge is 2.25. The van der Waals surface area contributed by atoms with Crippen LogP contribution in [-0.2, 0) is 11.2 Å². The predicted octanol–water partition coefficient (Wildman–Crippen LogP) is 3.12. The summed E-state index contributed by atoms with van der Waals surface area (Å²) in [5.41, 5.74) is 2.62. The lowest BCUT2D eigenvalue weighted by Crippen LogP contribution is -2.92. The van der Waals surface area contributed by atoms with Crippen LogP contribution in [0.15, 0.2) is 41.8 Å². The first-order valence-corrected chi connectivity index (χ1v) is 9.64. The van der Waals surface area contributed by atoms with Crippen molar-refractivity contribution in [2.75, 3.05) is 6.54 Å². The maximum Gasteiger partial charge on any atom is 0.277 e. The molecule has 0 unspecified atom stereocenters. The number of amides is 1. The fourth-order valence-corrected chi connectivity index (χ4v) is 3.71. The van der Waals surface area contributed by atoms with Gasteiger partial charge in [0.1, 0.15) is 6.04 Å². The van der Waals surface area contributed by atoms with Crippen LogP contribution in [0, 0.1) is 5.92 Å². The number of benzene rings is 1. The van der Waals surface area contributed by atoms with Gasteiger partial charge >= 0.3 is 0 Å². The zero-order valence-corrected chi connectivity index (χ0v) is 15.9. The molecule has 1 aromatic carbocycles. The topological polar surface area (TPSA) is 45.7 Å². The molecule has 0 saturated carbocycles. The van der Waals surface area contributed by atoms with Gasteiger partial charge in [-0.2, -0.15) is 0 Å². The van der Waals surface area contributed by atoms with Gasteiger partial charge in [-0.15, -0.1) is 11.3 Å². The van der Waals surface area contributed by atoms with Gasteiger partial charge in [-0.3, -0.25) is 4.79 Å². The summed E-state index contributed by atoms with van der Waals surface area (Å²) in [7, 11) is 0. The summed E-state index contributed by atoms with van der Waals surface area (Å²) in [6.45, 7) is 9.08. The van der Waals surface area contributed by atoms with Gasteiger partial charge in [0, 0.05) is 12.1 Å². The molecular formula is C20H29N2OS+. The zero-order valence-electron chi connectivity index (χ0n) is 15.1. The fraction of sp³-hybridized carbons (Fsp3) is 0.450. The number of thiophene rings is 1. The van der Waals surface area contributed by atoms with E-state index in [9.17, 15) is 4.79 Å². The van der Waals surface area contributed by atoms with Crippen molar-refractivity contribution in [2.24, 2.45) is 5.92 Å². The molecule has 130 valence electrons. The van der Waals surface area contributed by atoms with Gasteiger partial charge in [-0.25, -0.2) is 0 Å². The monoisotopic (exact) mass is 345 g/mol. The van der Waals surface area contributed by atoms with Crippen molar-refractivity contribution < 1.29 is 10.1 Å². The van der Waals surface area contributed by atoms with Gasteiger partial charge in [0.25, 0.3) is 5.91 Å². The van der Waals surface area contributed by atoms with Crippen molar-refractivity contribution in [3.63, 3.8) is 0 Å². The highest BCUT2D eigenvalue weighted by Crippen LogP contribution is 2.23. The lowest BCUT2D eigenvalue weighted by atomic mass is 9.98. The van der Waals surface area contributed by atoms with Crippen LogP contribution in [0.5, 0.6) is 0 Å². The highest BCUT2D eigenvalue weighted by molar-refractivity contribution is 7.10. The molecule has 1 amide bonds. The Bertz CT molecular complexity index is 620. The summed E-state index contributed by atoms with van der Waals surface area (Å²) in [5, 5.41) is 7.17. The SMILES string of the molecule is CCNC(=O)[C@H](C)[NH2+][C@@H](c1ccc(CC(C)C)cc1)c1cccs1. The number of nitrogens with one attached hydrogen (secondary N) is 1. The standard InChI is InChI=1S/C20H28N2OS/c1-5-21-20(23)15(4)22-19(18-7-6-12-24-18)17-10-8-16(9-11-17)13-14(2)3/h6-12,14-15,19,22H,5,13H2,1-4H3,(H,21,23)/p+1/t15-,19-/m0/s1. The van der Waals surface area contributed by atoms with Crippen LogP contribution in [-0.4, -0.2) is 18.5 Å². The molecule has 0 aliphatic carbocycles. The van der Waals surface area contributed by atoms with Crippen LogP contribution in [0.4, 0.5) is 0 Å². The lowest BCUT2D eigenvalue weighted by Gasteiger charge is -2.19. The van der Waals surface area contributed by atoms with Crippen molar-refractivity contribution in [3.05, 3.63) is 57.8 Å². The fourth-order valence-electron chi connectivity index (χ4n) is 2.88. The Labute approximate surface area is 149 Å². The summed E-state index contributed by atoms with van der Waals surface area (Å²) in [6, 6.07) is 13.1. The molecule has 0 radical (unpaired) electrons. The van der Waals surface area contributed by atoms with Crippen molar-refractivity contribution in [3.8, 4) is 0 Å². The first-order chi connectivity index (χ1) is 11.5. The molecule has 0 fully saturated rings. The van der Waals surface area contributed by atoms with Gasteiger partial charge in [0.05, 0.1) is 4.88 Å². The molecule has 0 saturated heterocycles. The summed E-state index contributed by atoms with van der Waals surface area (Å²) >= 11 is 1.74. The highest BCUT2D eigenvalue weighted by atomic mass is 32.1. The number of quaternary nitrogens is 1. The average molecular weight is 346 g/mol. The van der Waals surface area contributed by atoms with E-state index in [1.54, 1.807) is 11.3 Å². The van der Waals surface area contributed by atoms with Crippen LogP contribution in [0.2, 0.25) is 0 Å². The molecule has 2 atom stereocenters. The maximum atomic E-state index is 12.1. The second-order valence-corrected chi connectivity index (χ2v) is 7.69. The van der Waals surface area contributed by atoms with E-state index in [2.05, 4.69) is 66.3 Å². The van der Waals surface area contributed by atoms with E-state index in [-0.39, 0.29) is 18.0 Å². The molecule has 0 bridgehead atoms. The van der Waals surface area contributed by atoms with Gasteiger partial charge in [-0.05, 0) is 43.2 Å². The van der Waals surface area contributed by atoms with Gasteiger partial charge in [0.2, 0.25) is 0 Å². The zero-order chi connectivity index (χ0) is 17.5. The molecular weight excluding hydrogens is 316 g/mol. The molecule has 3 N–H and O–H groups in total. The smallest absolute Gasteiger partial charge is 0.277 e. The molecule has 0 aliphatic heterocycles.